The average molecular weight is 354 g/mol. The maximum Gasteiger partial charge on any atom is 0.254 e. The van der Waals surface area contributed by atoms with Crippen LogP contribution in [-0.2, 0) is 4.79 Å². The minimum absolute atomic E-state index is 0.0515. The van der Waals surface area contributed by atoms with E-state index < -0.39 is 6.04 Å². The van der Waals surface area contributed by atoms with Crippen LogP contribution in [0, 0.1) is 6.92 Å². The first-order chi connectivity index (χ1) is 9.91. The Labute approximate surface area is 133 Å². The third-order valence-electron chi connectivity index (χ3n) is 3.63. The predicted octanol–water partition coefficient (Wildman–Crippen LogP) is 1.26. The number of carbonyl (C=O) groups excluding carboxylic acids is 2. The molecule has 0 saturated carbocycles. The van der Waals surface area contributed by atoms with Crippen molar-refractivity contribution in [1.29, 1.82) is 0 Å². The second-order valence-electron chi connectivity index (χ2n) is 5.42. The van der Waals surface area contributed by atoms with Gasteiger partial charge in [-0.05, 0) is 30.7 Å². The van der Waals surface area contributed by atoms with Gasteiger partial charge >= 0.3 is 0 Å². The summed E-state index contributed by atoms with van der Waals surface area (Å²) in [6.07, 6.45) is 0. The van der Waals surface area contributed by atoms with Gasteiger partial charge in [-0.3, -0.25) is 9.59 Å². The zero-order valence-electron chi connectivity index (χ0n) is 12.5. The van der Waals surface area contributed by atoms with Gasteiger partial charge in [0.25, 0.3) is 5.91 Å². The van der Waals surface area contributed by atoms with Crippen molar-refractivity contribution in [3.63, 3.8) is 0 Å². The summed E-state index contributed by atoms with van der Waals surface area (Å²) in [4.78, 5) is 28.2. The van der Waals surface area contributed by atoms with E-state index in [0.29, 0.717) is 25.2 Å². The highest BCUT2D eigenvalue weighted by molar-refractivity contribution is 9.10. The predicted molar refractivity (Wildman–Crippen MR) is 85.3 cm³/mol. The normalized spacial score (nSPS) is 18.5. The molecule has 6 heteroatoms. The number of carbonyl (C=O) groups is 2. The second-order valence-corrected chi connectivity index (χ2v) is 6.27. The number of amides is 2. The number of rotatable bonds is 2. The van der Waals surface area contributed by atoms with Crippen LogP contribution in [0.25, 0.3) is 0 Å². The molecule has 2 amide bonds. The highest BCUT2D eigenvalue weighted by Crippen LogP contribution is 2.19. The molecule has 0 aliphatic carbocycles. The second kappa shape index (κ2) is 6.58. The summed E-state index contributed by atoms with van der Waals surface area (Å²) in [7, 11) is 3.42. The van der Waals surface area contributed by atoms with Crippen molar-refractivity contribution in [1.82, 2.24) is 15.1 Å². The van der Waals surface area contributed by atoms with Crippen LogP contribution in [0.1, 0.15) is 15.9 Å². The Morgan fingerprint density at radius 1 is 1.38 bits per heavy atom. The molecule has 0 spiro atoms. The molecule has 1 N–H and O–H groups in total. The van der Waals surface area contributed by atoms with E-state index in [1.807, 2.05) is 19.1 Å². The van der Waals surface area contributed by atoms with Crippen LogP contribution in [0.15, 0.2) is 22.7 Å². The van der Waals surface area contributed by atoms with Crippen LogP contribution in [0.5, 0.6) is 0 Å². The van der Waals surface area contributed by atoms with Gasteiger partial charge in [-0.1, -0.05) is 15.9 Å². The third-order valence-corrected chi connectivity index (χ3v) is 4.52. The van der Waals surface area contributed by atoms with Gasteiger partial charge in [0.1, 0.15) is 6.04 Å². The van der Waals surface area contributed by atoms with Crippen molar-refractivity contribution in [2.75, 3.05) is 33.7 Å². The van der Waals surface area contributed by atoms with Crippen LogP contribution in [0.2, 0.25) is 0 Å². The topological polar surface area (TPSA) is 52.7 Å². The summed E-state index contributed by atoms with van der Waals surface area (Å²) in [6.45, 7) is 3.69. The number of nitrogens with one attached hydrogen (secondary N) is 1. The molecule has 1 heterocycles. The maximum absolute atomic E-state index is 12.7. The van der Waals surface area contributed by atoms with E-state index in [-0.39, 0.29) is 11.8 Å². The number of likely N-dealkylation sites (N-methyl/N-ethyl adjacent to an activating group) is 1. The quantitative estimate of drug-likeness (QED) is 0.870. The monoisotopic (exact) mass is 353 g/mol. The maximum atomic E-state index is 12.7. The highest BCUT2D eigenvalue weighted by Gasteiger charge is 2.33. The summed E-state index contributed by atoms with van der Waals surface area (Å²) >= 11 is 3.43. The lowest BCUT2D eigenvalue weighted by atomic mass is 10.1. The number of nitrogens with zero attached hydrogens (tertiary/aromatic N) is 2. The summed E-state index contributed by atoms with van der Waals surface area (Å²) in [5.41, 5.74) is 1.63. The molecule has 5 nitrogen and oxygen atoms in total. The summed E-state index contributed by atoms with van der Waals surface area (Å²) < 4.78 is 0.972. The van der Waals surface area contributed by atoms with Crippen LogP contribution < -0.4 is 5.32 Å². The number of hydrogen-bond donors (Lipinski definition) is 1. The van der Waals surface area contributed by atoms with E-state index in [4.69, 9.17) is 0 Å². The molecule has 1 saturated heterocycles. The van der Waals surface area contributed by atoms with Gasteiger partial charge in [-0.2, -0.15) is 0 Å². The summed E-state index contributed by atoms with van der Waals surface area (Å²) in [6, 6.07) is 5.07. The van der Waals surface area contributed by atoms with Crippen molar-refractivity contribution in [2.24, 2.45) is 0 Å². The third kappa shape index (κ3) is 3.44. The summed E-state index contributed by atoms with van der Waals surface area (Å²) in [5.74, 6) is -0.142. The first-order valence-corrected chi connectivity index (χ1v) is 7.70. The molecule has 2 rings (SSSR count). The molecule has 1 aliphatic rings. The van der Waals surface area contributed by atoms with E-state index in [1.165, 1.54) is 4.90 Å². The van der Waals surface area contributed by atoms with Gasteiger partial charge in [0.05, 0.1) is 0 Å². The zero-order valence-corrected chi connectivity index (χ0v) is 14.1. The first kappa shape index (κ1) is 16.0. The molecule has 1 aromatic carbocycles. The smallest absolute Gasteiger partial charge is 0.254 e. The lowest BCUT2D eigenvalue weighted by Crippen LogP contribution is -2.59. The molecule has 0 aromatic heterocycles. The van der Waals surface area contributed by atoms with Gasteiger partial charge < -0.3 is 15.1 Å². The van der Waals surface area contributed by atoms with Crippen molar-refractivity contribution in [3.8, 4) is 0 Å². The number of halogens is 1. The van der Waals surface area contributed by atoms with E-state index in [0.717, 1.165) is 10.0 Å². The first-order valence-electron chi connectivity index (χ1n) is 6.91. The fourth-order valence-corrected chi connectivity index (χ4v) is 2.66. The zero-order chi connectivity index (χ0) is 15.6. The van der Waals surface area contributed by atoms with Gasteiger partial charge in [-0.15, -0.1) is 0 Å². The fourth-order valence-electron chi connectivity index (χ4n) is 2.41. The van der Waals surface area contributed by atoms with Gasteiger partial charge in [-0.25, -0.2) is 0 Å². The van der Waals surface area contributed by atoms with Crippen LogP contribution in [0.4, 0.5) is 0 Å². The van der Waals surface area contributed by atoms with Gasteiger partial charge in [0.2, 0.25) is 5.91 Å². The molecule has 1 fully saturated rings. The van der Waals surface area contributed by atoms with Crippen LogP contribution in [-0.4, -0.2) is 61.4 Å². The summed E-state index contributed by atoms with van der Waals surface area (Å²) in [5, 5.41) is 3.18. The lowest BCUT2D eigenvalue weighted by molar-refractivity contribution is -0.134. The van der Waals surface area contributed by atoms with E-state index >= 15 is 0 Å². The molecular formula is C15H20BrN3O2. The molecule has 21 heavy (non-hydrogen) atoms. The molecule has 1 unspecified atom stereocenters. The van der Waals surface area contributed by atoms with E-state index in [2.05, 4.69) is 21.2 Å². The number of hydrogen-bond acceptors (Lipinski definition) is 3. The minimum Gasteiger partial charge on any atom is -0.347 e. The number of aryl methyl sites for hydroxylation is 1. The molecule has 0 bridgehead atoms. The fraction of sp³-hybridized carbons (Fsp3) is 0.467. The Kier molecular flexibility index (Phi) is 5.00. The Morgan fingerprint density at radius 2 is 2.10 bits per heavy atom. The van der Waals surface area contributed by atoms with Gasteiger partial charge in [0.15, 0.2) is 0 Å². The number of benzene rings is 1. The molecule has 1 aromatic rings. The average Bonchev–Trinajstić information content (AvgIpc) is 2.48. The SMILES string of the molecule is Cc1cc(C(=O)N2CCNCC2C(=O)N(C)C)ccc1Br. The Bertz CT molecular complexity index is 560. The highest BCUT2D eigenvalue weighted by atomic mass is 79.9. The standard InChI is InChI=1S/C15H20BrN3O2/c1-10-8-11(4-5-12(10)16)14(20)19-7-6-17-9-13(19)15(21)18(2)3/h4-5,8,13,17H,6-7,9H2,1-3H3. The Hall–Kier alpha value is -1.40. The van der Waals surface area contributed by atoms with Crippen LogP contribution in [0.3, 0.4) is 0 Å². The molecule has 0 radical (unpaired) electrons. The molecule has 114 valence electrons. The van der Waals surface area contributed by atoms with Crippen molar-refractivity contribution in [2.45, 2.75) is 13.0 Å². The Balaban J connectivity index is 2.26. The van der Waals surface area contributed by atoms with Crippen molar-refractivity contribution >= 4 is 27.7 Å². The lowest BCUT2D eigenvalue weighted by Gasteiger charge is -2.36. The molecule has 1 aliphatic heterocycles. The van der Waals surface area contributed by atoms with Crippen molar-refractivity contribution < 1.29 is 9.59 Å². The largest absolute Gasteiger partial charge is 0.347 e. The minimum atomic E-state index is -0.440. The molecular weight excluding hydrogens is 334 g/mol. The number of piperazine rings is 1. The van der Waals surface area contributed by atoms with Gasteiger partial charge in [0, 0.05) is 43.8 Å². The molecule has 1 atom stereocenters. The van der Waals surface area contributed by atoms with E-state index in [9.17, 15) is 9.59 Å². The van der Waals surface area contributed by atoms with E-state index in [1.54, 1.807) is 25.1 Å². The van der Waals surface area contributed by atoms with Crippen molar-refractivity contribution in [3.05, 3.63) is 33.8 Å². The Morgan fingerprint density at radius 3 is 2.71 bits per heavy atom. The van der Waals surface area contributed by atoms with Crippen LogP contribution >= 0.6 is 15.9 Å².